The van der Waals surface area contributed by atoms with Crippen LogP contribution in [0.25, 0.3) is 0 Å². The maximum absolute atomic E-state index is 3.41. The molecule has 3 nitrogen and oxygen atoms in total. The normalized spacial score (nSPS) is 22.9. The molecule has 2 aliphatic heterocycles. The third-order valence-electron chi connectivity index (χ3n) is 4.31. The van der Waals surface area contributed by atoms with E-state index >= 15 is 0 Å². The van der Waals surface area contributed by atoms with E-state index in [0.717, 1.165) is 6.04 Å². The smallest absolute Gasteiger partial charge is 0.0121 e. The van der Waals surface area contributed by atoms with Crippen molar-refractivity contribution >= 4 is 0 Å². The molecule has 0 aromatic heterocycles. The van der Waals surface area contributed by atoms with Crippen molar-refractivity contribution < 1.29 is 0 Å². The van der Waals surface area contributed by atoms with E-state index in [2.05, 4.69) is 36.0 Å². The van der Waals surface area contributed by atoms with Gasteiger partial charge in [0.25, 0.3) is 0 Å². The highest BCUT2D eigenvalue weighted by Gasteiger charge is 2.23. The molecule has 0 spiro atoms. The lowest BCUT2D eigenvalue weighted by Crippen LogP contribution is -2.51. The summed E-state index contributed by atoms with van der Waals surface area (Å²) in [5.41, 5.74) is 0. The zero-order chi connectivity index (χ0) is 13.9. The molecule has 2 rings (SSSR count). The highest BCUT2D eigenvalue weighted by atomic mass is 15.2. The molecular weight excluding hydrogens is 234 g/mol. The van der Waals surface area contributed by atoms with Gasteiger partial charge in [-0.3, -0.25) is 4.90 Å². The van der Waals surface area contributed by atoms with Gasteiger partial charge in [0.1, 0.15) is 0 Å². The van der Waals surface area contributed by atoms with Crippen molar-refractivity contribution in [2.45, 2.75) is 58.4 Å². The van der Waals surface area contributed by atoms with Gasteiger partial charge in [0.2, 0.25) is 0 Å². The molecule has 1 N–H and O–H groups in total. The molecule has 114 valence electrons. The average Bonchev–Trinajstić information content (AvgIpc) is 2.47. The van der Waals surface area contributed by atoms with Gasteiger partial charge in [0, 0.05) is 32.2 Å². The number of rotatable bonds is 4. The molecule has 2 fully saturated rings. The van der Waals surface area contributed by atoms with Crippen LogP contribution in [0.2, 0.25) is 0 Å². The lowest BCUT2D eigenvalue weighted by atomic mass is 10.0. The molecule has 2 aliphatic rings. The lowest BCUT2D eigenvalue weighted by molar-refractivity contribution is 0.109. The predicted octanol–water partition coefficient (Wildman–Crippen LogP) is 2.57. The van der Waals surface area contributed by atoms with Crippen LogP contribution in [0.1, 0.15) is 52.4 Å². The fraction of sp³-hybridized carbons (Fsp3) is 1.00. The second-order valence-corrected chi connectivity index (χ2v) is 6.03. The number of nitrogens with one attached hydrogen (secondary N) is 1. The second kappa shape index (κ2) is 10.6. The van der Waals surface area contributed by atoms with E-state index in [-0.39, 0.29) is 0 Å². The van der Waals surface area contributed by atoms with Crippen molar-refractivity contribution in [2.24, 2.45) is 0 Å². The molecule has 3 heteroatoms. The molecule has 0 bridgehead atoms. The lowest BCUT2D eigenvalue weighted by Gasteiger charge is -2.39. The summed E-state index contributed by atoms with van der Waals surface area (Å²) in [4.78, 5) is 5.11. The highest BCUT2D eigenvalue weighted by molar-refractivity contribution is 4.81. The van der Waals surface area contributed by atoms with Crippen LogP contribution in [-0.2, 0) is 0 Å². The van der Waals surface area contributed by atoms with Crippen molar-refractivity contribution in [3.05, 3.63) is 0 Å². The maximum atomic E-state index is 3.41. The monoisotopic (exact) mass is 269 g/mol. The van der Waals surface area contributed by atoms with Crippen LogP contribution in [0.4, 0.5) is 0 Å². The number of hydrogen-bond acceptors (Lipinski definition) is 3. The Morgan fingerprint density at radius 3 is 1.89 bits per heavy atom. The average molecular weight is 269 g/mol. The van der Waals surface area contributed by atoms with Gasteiger partial charge in [-0.15, -0.1) is 0 Å². The standard InChI is InChI=1S/C10H21N3.C6H14/c1-12-6-2-10(3-7-12)13-8-4-11-5-9-13;1-3-5-6-4-2/h10-11H,2-9H2,1H3;3-6H2,1-2H3. The summed E-state index contributed by atoms with van der Waals surface area (Å²) >= 11 is 0. The SMILES string of the molecule is CCCCCC.CN1CCC(N2CCNCC2)CC1. The molecule has 2 saturated heterocycles. The van der Waals surface area contributed by atoms with Crippen LogP contribution in [0.15, 0.2) is 0 Å². The first-order valence-corrected chi connectivity index (χ1v) is 8.41. The van der Waals surface area contributed by atoms with Gasteiger partial charge in [-0.1, -0.05) is 39.5 Å². The molecule has 0 radical (unpaired) electrons. The Bertz CT molecular complexity index is 190. The van der Waals surface area contributed by atoms with Gasteiger partial charge in [-0.25, -0.2) is 0 Å². The zero-order valence-corrected chi connectivity index (χ0v) is 13.5. The number of nitrogens with zero attached hydrogens (tertiary/aromatic N) is 2. The Kier molecular flexibility index (Phi) is 9.48. The Morgan fingerprint density at radius 1 is 0.895 bits per heavy atom. The van der Waals surface area contributed by atoms with Crippen LogP contribution in [0, 0.1) is 0 Å². The van der Waals surface area contributed by atoms with Gasteiger partial charge >= 0.3 is 0 Å². The maximum Gasteiger partial charge on any atom is 0.0121 e. The first kappa shape index (κ1) is 16.9. The van der Waals surface area contributed by atoms with Crippen LogP contribution >= 0.6 is 0 Å². The van der Waals surface area contributed by atoms with Crippen LogP contribution in [-0.4, -0.2) is 62.2 Å². The van der Waals surface area contributed by atoms with Crippen molar-refractivity contribution in [1.82, 2.24) is 15.1 Å². The van der Waals surface area contributed by atoms with Gasteiger partial charge in [-0.2, -0.15) is 0 Å². The quantitative estimate of drug-likeness (QED) is 0.791. The Balaban J connectivity index is 0.000000258. The zero-order valence-electron chi connectivity index (χ0n) is 13.5. The molecule has 0 aromatic carbocycles. The first-order chi connectivity index (χ1) is 9.27. The molecular formula is C16H35N3. The van der Waals surface area contributed by atoms with Crippen LogP contribution < -0.4 is 5.32 Å². The van der Waals surface area contributed by atoms with Gasteiger partial charge in [-0.05, 0) is 33.0 Å². The fourth-order valence-corrected chi connectivity index (χ4v) is 2.91. The fourth-order valence-electron chi connectivity index (χ4n) is 2.91. The van der Waals surface area contributed by atoms with E-state index in [4.69, 9.17) is 0 Å². The molecule has 0 amide bonds. The molecule has 0 unspecified atom stereocenters. The third-order valence-corrected chi connectivity index (χ3v) is 4.31. The summed E-state index contributed by atoms with van der Waals surface area (Å²) in [6.45, 7) is 11.9. The van der Waals surface area contributed by atoms with Gasteiger partial charge in [0.15, 0.2) is 0 Å². The van der Waals surface area contributed by atoms with Crippen LogP contribution in [0.5, 0.6) is 0 Å². The molecule has 2 heterocycles. The Labute approximate surface area is 120 Å². The van der Waals surface area contributed by atoms with Crippen molar-refractivity contribution in [3.63, 3.8) is 0 Å². The van der Waals surface area contributed by atoms with E-state index < -0.39 is 0 Å². The van der Waals surface area contributed by atoms with E-state index in [1.165, 1.54) is 77.8 Å². The predicted molar refractivity (Wildman–Crippen MR) is 84.8 cm³/mol. The minimum Gasteiger partial charge on any atom is -0.314 e. The highest BCUT2D eigenvalue weighted by Crippen LogP contribution is 2.15. The summed E-state index contributed by atoms with van der Waals surface area (Å²) in [5.74, 6) is 0. The van der Waals surface area contributed by atoms with Crippen molar-refractivity contribution in [1.29, 1.82) is 0 Å². The molecule has 0 aromatic rings. The summed E-state index contributed by atoms with van der Waals surface area (Å²) in [6.07, 6.45) is 8.28. The number of hydrogen-bond donors (Lipinski definition) is 1. The van der Waals surface area contributed by atoms with E-state index in [9.17, 15) is 0 Å². The first-order valence-electron chi connectivity index (χ1n) is 8.41. The molecule has 0 aliphatic carbocycles. The Morgan fingerprint density at radius 2 is 1.42 bits per heavy atom. The Hall–Kier alpha value is -0.120. The van der Waals surface area contributed by atoms with Gasteiger partial charge < -0.3 is 10.2 Å². The minimum atomic E-state index is 0.873. The van der Waals surface area contributed by atoms with Crippen LogP contribution in [0.3, 0.4) is 0 Å². The minimum absolute atomic E-state index is 0.873. The van der Waals surface area contributed by atoms with E-state index in [1.54, 1.807) is 0 Å². The molecule has 0 saturated carbocycles. The number of unbranched alkanes of at least 4 members (excludes halogenated alkanes) is 3. The largest absolute Gasteiger partial charge is 0.314 e. The number of likely N-dealkylation sites (tertiary alicyclic amines) is 1. The number of piperazine rings is 1. The third kappa shape index (κ3) is 7.28. The van der Waals surface area contributed by atoms with Crippen molar-refractivity contribution in [3.8, 4) is 0 Å². The summed E-state index contributed by atoms with van der Waals surface area (Å²) in [7, 11) is 2.23. The molecule has 19 heavy (non-hydrogen) atoms. The number of piperidine rings is 1. The van der Waals surface area contributed by atoms with E-state index in [0.29, 0.717) is 0 Å². The van der Waals surface area contributed by atoms with Gasteiger partial charge in [0.05, 0.1) is 0 Å². The molecule has 0 atom stereocenters. The van der Waals surface area contributed by atoms with Crippen molar-refractivity contribution in [2.75, 3.05) is 46.3 Å². The summed E-state index contributed by atoms with van der Waals surface area (Å²) < 4.78 is 0. The second-order valence-electron chi connectivity index (χ2n) is 6.03. The van der Waals surface area contributed by atoms with E-state index in [1.807, 2.05) is 0 Å². The summed E-state index contributed by atoms with van der Waals surface area (Å²) in [6, 6.07) is 0.873. The topological polar surface area (TPSA) is 18.5 Å². The summed E-state index contributed by atoms with van der Waals surface area (Å²) in [5, 5.41) is 3.41.